The highest BCUT2D eigenvalue weighted by Crippen LogP contribution is 2.37. The van der Waals surface area contributed by atoms with E-state index >= 15 is 0 Å². The number of amides is 1. The molecule has 2 heterocycles. The first-order valence-electron chi connectivity index (χ1n) is 10.4. The van der Waals surface area contributed by atoms with E-state index in [0.717, 1.165) is 39.0 Å². The molecule has 4 rings (SSSR count). The lowest BCUT2D eigenvalue weighted by Crippen LogP contribution is -2.35. The number of anilines is 1. The van der Waals surface area contributed by atoms with Crippen LogP contribution in [0.5, 0.6) is 0 Å². The molecule has 0 unspecified atom stereocenters. The van der Waals surface area contributed by atoms with Crippen molar-refractivity contribution in [1.82, 2.24) is 9.78 Å². The fraction of sp³-hybridized carbons (Fsp3) is 0.292. The smallest absolute Gasteiger partial charge is 0.305 e. The zero-order chi connectivity index (χ0) is 22.8. The molecule has 0 fully saturated rings. The van der Waals surface area contributed by atoms with Crippen LogP contribution in [0, 0.1) is 13.8 Å². The number of thioether (sulfide) groups is 1. The molecule has 2 aromatic carbocycles. The van der Waals surface area contributed by atoms with E-state index < -0.39 is 0 Å². The second-order valence-electron chi connectivity index (χ2n) is 7.60. The van der Waals surface area contributed by atoms with Crippen LogP contribution in [0.2, 0.25) is 5.02 Å². The van der Waals surface area contributed by atoms with E-state index in [1.165, 1.54) is 7.11 Å². The van der Waals surface area contributed by atoms with Crippen LogP contribution in [-0.2, 0) is 16.0 Å². The van der Waals surface area contributed by atoms with E-state index in [4.69, 9.17) is 16.3 Å². The van der Waals surface area contributed by atoms with Gasteiger partial charge < -0.3 is 9.64 Å². The summed E-state index contributed by atoms with van der Waals surface area (Å²) in [6.07, 6.45) is 0.896. The number of esters is 1. The third-order valence-electron chi connectivity index (χ3n) is 5.64. The summed E-state index contributed by atoms with van der Waals surface area (Å²) in [5, 5.41) is 5.26. The van der Waals surface area contributed by atoms with E-state index in [-0.39, 0.29) is 11.9 Å². The number of hydrogen-bond donors (Lipinski definition) is 0. The Morgan fingerprint density at radius 2 is 1.91 bits per heavy atom. The Kier molecular flexibility index (Phi) is 6.58. The first kappa shape index (κ1) is 22.4. The first-order valence-corrected chi connectivity index (χ1v) is 11.7. The molecule has 8 heteroatoms. The molecule has 6 nitrogen and oxygen atoms in total. The van der Waals surface area contributed by atoms with Crippen LogP contribution in [0.1, 0.15) is 33.7 Å². The van der Waals surface area contributed by atoms with Crippen LogP contribution >= 0.6 is 23.4 Å². The van der Waals surface area contributed by atoms with Crippen molar-refractivity contribution in [1.29, 1.82) is 0 Å². The van der Waals surface area contributed by atoms with Gasteiger partial charge in [-0.3, -0.25) is 9.59 Å². The highest BCUT2D eigenvalue weighted by molar-refractivity contribution is 7.99. The SMILES string of the molecule is COC(=O)CCc1c(C)nn(-c2ccc(C(=O)N3CCSc4ccc(Cl)cc43)cc2)c1C. The number of benzene rings is 2. The van der Waals surface area contributed by atoms with Crippen molar-refractivity contribution in [2.24, 2.45) is 0 Å². The van der Waals surface area contributed by atoms with Crippen LogP contribution in [0.15, 0.2) is 47.4 Å². The summed E-state index contributed by atoms with van der Waals surface area (Å²) in [4.78, 5) is 27.6. The van der Waals surface area contributed by atoms with Crippen molar-refractivity contribution in [3.63, 3.8) is 0 Å². The summed E-state index contributed by atoms with van der Waals surface area (Å²) in [5.74, 6) is 0.560. The second kappa shape index (κ2) is 9.38. The number of carbonyl (C=O) groups is 2. The number of halogens is 1. The molecule has 32 heavy (non-hydrogen) atoms. The van der Waals surface area contributed by atoms with Gasteiger partial charge in [0.05, 0.1) is 24.2 Å². The summed E-state index contributed by atoms with van der Waals surface area (Å²) in [6, 6.07) is 13.1. The van der Waals surface area contributed by atoms with E-state index in [1.54, 1.807) is 16.7 Å². The molecular weight excluding hydrogens is 446 g/mol. The Hall–Kier alpha value is -2.77. The summed E-state index contributed by atoms with van der Waals surface area (Å²) >= 11 is 7.91. The Morgan fingerprint density at radius 3 is 2.62 bits per heavy atom. The minimum atomic E-state index is -0.238. The van der Waals surface area contributed by atoms with Crippen LogP contribution in [0.25, 0.3) is 5.69 Å². The second-order valence-corrected chi connectivity index (χ2v) is 9.17. The molecule has 1 aromatic heterocycles. The molecule has 166 valence electrons. The van der Waals surface area contributed by atoms with Crippen molar-refractivity contribution in [2.45, 2.75) is 31.6 Å². The highest BCUT2D eigenvalue weighted by atomic mass is 35.5. The van der Waals surface area contributed by atoms with E-state index in [0.29, 0.717) is 30.0 Å². The maximum Gasteiger partial charge on any atom is 0.305 e. The van der Waals surface area contributed by atoms with Gasteiger partial charge in [-0.05, 0) is 68.3 Å². The minimum Gasteiger partial charge on any atom is -0.469 e. The summed E-state index contributed by atoms with van der Waals surface area (Å²) in [7, 11) is 1.39. The van der Waals surface area contributed by atoms with Crippen molar-refractivity contribution in [3.8, 4) is 5.69 Å². The Morgan fingerprint density at radius 1 is 1.16 bits per heavy atom. The van der Waals surface area contributed by atoms with Crippen molar-refractivity contribution >= 4 is 40.9 Å². The average molecular weight is 470 g/mol. The zero-order valence-electron chi connectivity index (χ0n) is 18.2. The monoisotopic (exact) mass is 469 g/mol. The van der Waals surface area contributed by atoms with Crippen molar-refractivity contribution < 1.29 is 14.3 Å². The molecule has 1 aliphatic rings. The van der Waals surface area contributed by atoms with Gasteiger partial charge in [0.2, 0.25) is 0 Å². The number of aryl methyl sites for hydroxylation is 1. The number of rotatable bonds is 5. The van der Waals surface area contributed by atoms with Gasteiger partial charge in [0.25, 0.3) is 5.91 Å². The largest absolute Gasteiger partial charge is 0.469 e. The van der Waals surface area contributed by atoms with Gasteiger partial charge >= 0.3 is 5.97 Å². The molecular formula is C24H24ClN3O3S. The predicted molar refractivity (Wildman–Crippen MR) is 127 cm³/mol. The number of hydrogen-bond acceptors (Lipinski definition) is 5. The van der Waals surface area contributed by atoms with E-state index in [9.17, 15) is 9.59 Å². The van der Waals surface area contributed by atoms with Crippen molar-refractivity contribution in [3.05, 3.63) is 70.0 Å². The van der Waals surface area contributed by atoms with Gasteiger partial charge in [0.1, 0.15) is 0 Å². The predicted octanol–water partition coefficient (Wildman–Crippen LogP) is 5.00. The Labute approximate surface area is 196 Å². The maximum atomic E-state index is 13.2. The summed E-state index contributed by atoms with van der Waals surface area (Å²) in [5.41, 5.74) is 5.22. The number of nitrogens with zero attached hydrogens (tertiary/aromatic N) is 3. The van der Waals surface area contributed by atoms with Gasteiger partial charge in [-0.2, -0.15) is 5.10 Å². The fourth-order valence-corrected chi connectivity index (χ4v) is 5.06. The summed E-state index contributed by atoms with van der Waals surface area (Å²) in [6.45, 7) is 4.56. The van der Waals surface area contributed by atoms with E-state index in [2.05, 4.69) is 5.10 Å². The van der Waals surface area contributed by atoms with Gasteiger partial charge in [-0.1, -0.05) is 11.6 Å². The van der Waals surface area contributed by atoms with Gasteiger partial charge in [0.15, 0.2) is 0 Å². The third kappa shape index (κ3) is 4.40. The van der Waals surface area contributed by atoms with E-state index in [1.807, 2.05) is 61.0 Å². The summed E-state index contributed by atoms with van der Waals surface area (Å²) < 4.78 is 6.60. The maximum absolute atomic E-state index is 13.2. The number of carbonyl (C=O) groups excluding carboxylic acids is 2. The number of aromatic nitrogens is 2. The molecule has 1 aliphatic heterocycles. The average Bonchev–Trinajstić information content (AvgIpc) is 3.09. The van der Waals surface area contributed by atoms with Crippen molar-refractivity contribution in [2.75, 3.05) is 24.3 Å². The lowest BCUT2D eigenvalue weighted by molar-refractivity contribution is -0.140. The third-order valence-corrected chi connectivity index (χ3v) is 6.91. The molecule has 3 aromatic rings. The van der Waals surface area contributed by atoms with Crippen LogP contribution < -0.4 is 4.90 Å². The Balaban J connectivity index is 1.57. The molecule has 0 atom stereocenters. The Bertz CT molecular complexity index is 1170. The standard InChI is InChI=1S/C24H24ClN3O3S/c1-15-20(9-11-23(29)31-3)16(2)28(26-15)19-7-4-17(5-8-19)24(30)27-12-13-32-22-10-6-18(25)14-21(22)27/h4-8,10,14H,9,11-13H2,1-3H3. The highest BCUT2D eigenvalue weighted by Gasteiger charge is 2.24. The molecule has 0 bridgehead atoms. The zero-order valence-corrected chi connectivity index (χ0v) is 19.8. The molecule has 0 saturated carbocycles. The van der Waals surface area contributed by atoms with Crippen LogP contribution in [0.4, 0.5) is 5.69 Å². The topological polar surface area (TPSA) is 64.4 Å². The van der Waals surface area contributed by atoms with Gasteiger partial charge in [-0.25, -0.2) is 4.68 Å². The molecule has 1 amide bonds. The number of ether oxygens (including phenoxy) is 1. The first-order chi connectivity index (χ1) is 15.4. The molecule has 0 N–H and O–H groups in total. The quantitative estimate of drug-likeness (QED) is 0.492. The normalized spacial score (nSPS) is 13.1. The van der Waals surface area contributed by atoms with Gasteiger partial charge in [-0.15, -0.1) is 11.8 Å². The number of methoxy groups -OCH3 is 1. The minimum absolute atomic E-state index is 0.0486. The lowest BCUT2D eigenvalue weighted by Gasteiger charge is -2.29. The van der Waals surface area contributed by atoms with Crippen LogP contribution in [0.3, 0.4) is 0 Å². The molecule has 0 spiro atoms. The van der Waals surface area contributed by atoms with Crippen LogP contribution in [-0.4, -0.2) is 41.1 Å². The number of fused-ring (bicyclic) bond motifs is 1. The molecule has 0 saturated heterocycles. The molecule has 0 radical (unpaired) electrons. The fourth-order valence-electron chi connectivity index (χ4n) is 3.92. The molecule has 0 aliphatic carbocycles. The lowest BCUT2D eigenvalue weighted by atomic mass is 10.1. The van der Waals surface area contributed by atoms with Gasteiger partial charge in [0, 0.05) is 39.9 Å².